The molecule has 150 valence electrons. The van der Waals surface area contributed by atoms with Gasteiger partial charge in [-0.25, -0.2) is 4.79 Å². The van der Waals surface area contributed by atoms with Crippen molar-refractivity contribution < 1.29 is 14.1 Å². The van der Waals surface area contributed by atoms with E-state index in [1.165, 1.54) is 0 Å². The predicted octanol–water partition coefficient (Wildman–Crippen LogP) is 5.42. The van der Waals surface area contributed by atoms with Crippen LogP contribution in [-0.4, -0.2) is 34.7 Å². The number of halogens is 2. The summed E-state index contributed by atoms with van der Waals surface area (Å²) in [5.74, 6) is 1.62. The number of amides is 2. The van der Waals surface area contributed by atoms with Crippen LogP contribution in [0.25, 0.3) is 11.4 Å². The van der Waals surface area contributed by atoms with Gasteiger partial charge in [-0.2, -0.15) is 4.98 Å². The number of hydrogen-bond donors (Lipinski definition) is 1. The van der Waals surface area contributed by atoms with E-state index in [2.05, 4.69) is 15.5 Å². The third-order valence-electron chi connectivity index (χ3n) is 4.76. The highest BCUT2D eigenvalue weighted by Crippen LogP contribution is 2.33. The number of carbonyl (C=O) groups is 1. The van der Waals surface area contributed by atoms with E-state index >= 15 is 0 Å². The fourth-order valence-corrected chi connectivity index (χ4v) is 3.73. The molecule has 1 saturated heterocycles. The van der Waals surface area contributed by atoms with Crippen LogP contribution in [-0.2, 0) is 0 Å². The van der Waals surface area contributed by atoms with Crippen molar-refractivity contribution in [2.75, 3.05) is 19.0 Å². The molecule has 0 radical (unpaired) electrons. The fourth-order valence-electron chi connectivity index (χ4n) is 3.27. The number of urea groups is 1. The topological polar surface area (TPSA) is 80.5 Å². The van der Waals surface area contributed by atoms with E-state index in [0.29, 0.717) is 34.0 Å². The van der Waals surface area contributed by atoms with Gasteiger partial charge >= 0.3 is 6.03 Å². The molecule has 2 heterocycles. The summed E-state index contributed by atoms with van der Waals surface area (Å²) in [6.07, 6.45) is 1.58. The van der Waals surface area contributed by atoms with Gasteiger partial charge in [0.15, 0.2) is 0 Å². The van der Waals surface area contributed by atoms with E-state index in [9.17, 15) is 4.79 Å². The first-order valence-electron chi connectivity index (χ1n) is 9.06. The summed E-state index contributed by atoms with van der Waals surface area (Å²) >= 11 is 12.1. The first-order valence-corrected chi connectivity index (χ1v) is 9.81. The molecule has 2 amide bonds. The summed E-state index contributed by atoms with van der Waals surface area (Å²) in [5.41, 5.74) is 1.30. The largest absolute Gasteiger partial charge is 0.497 e. The van der Waals surface area contributed by atoms with Gasteiger partial charge in [0.25, 0.3) is 0 Å². The summed E-state index contributed by atoms with van der Waals surface area (Å²) in [4.78, 5) is 19.0. The maximum Gasteiger partial charge on any atom is 0.322 e. The maximum atomic E-state index is 12.8. The molecule has 1 fully saturated rings. The van der Waals surface area contributed by atoms with Crippen LogP contribution in [0.1, 0.15) is 24.8 Å². The molecule has 29 heavy (non-hydrogen) atoms. The monoisotopic (exact) mass is 432 g/mol. The Morgan fingerprint density at radius 3 is 2.76 bits per heavy atom. The number of carbonyl (C=O) groups excluding carboxylic acids is 1. The molecule has 3 aromatic rings. The Balaban J connectivity index is 1.50. The van der Waals surface area contributed by atoms with E-state index in [4.69, 9.17) is 32.5 Å². The molecular formula is C20H18Cl2N4O3. The summed E-state index contributed by atoms with van der Waals surface area (Å²) in [7, 11) is 1.61. The lowest BCUT2D eigenvalue weighted by molar-refractivity contribution is 0.193. The van der Waals surface area contributed by atoms with Gasteiger partial charge in [-0.05, 0) is 55.3 Å². The summed E-state index contributed by atoms with van der Waals surface area (Å²) in [6, 6.07) is 11.7. The van der Waals surface area contributed by atoms with Crippen molar-refractivity contribution in [3.05, 3.63) is 58.4 Å². The van der Waals surface area contributed by atoms with Crippen LogP contribution in [0.5, 0.6) is 5.75 Å². The van der Waals surface area contributed by atoms with Gasteiger partial charge in [-0.15, -0.1) is 0 Å². The van der Waals surface area contributed by atoms with Crippen LogP contribution in [0, 0.1) is 0 Å². The number of ether oxygens (including phenoxy) is 1. The van der Waals surface area contributed by atoms with E-state index in [1.54, 1.807) is 30.2 Å². The lowest BCUT2D eigenvalue weighted by atomic mass is 10.2. The van der Waals surface area contributed by atoms with E-state index in [0.717, 1.165) is 24.2 Å². The highest BCUT2D eigenvalue weighted by molar-refractivity contribution is 6.36. The second kappa shape index (κ2) is 8.31. The van der Waals surface area contributed by atoms with Gasteiger partial charge in [-0.3, -0.25) is 0 Å². The number of aromatic nitrogens is 2. The van der Waals surface area contributed by atoms with Gasteiger partial charge in [0.1, 0.15) is 11.8 Å². The average Bonchev–Trinajstić information content (AvgIpc) is 3.39. The second-order valence-corrected chi connectivity index (χ2v) is 7.43. The van der Waals surface area contributed by atoms with Gasteiger partial charge < -0.3 is 19.5 Å². The Bertz CT molecular complexity index is 1020. The molecule has 0 aliphatic carbocycles. The Labute approximate surface area is 177 Å². The third kappa shape index (κ3) is 4.16. The van der Waals surface area contributed by atoms with Crippen molar-refractivity contribution in [2.24, 2.45) is 0 Å². The first kappa shape index (κ1) is 19.5. The Hall–Kier alpha value is -2.77. The van der Waals surface area contributed by atoms with Gasteiger partial charge in [0.05, 0.1) is 17.8 Å². The number of nitrogens with one attached hydrogen (secondary N) is 1. The quantitative estimate of drug-likeness (QED) is 0.594. The van der Waals surface area contributed by atoms with E-state index < -0.39 is 0 Å². The summed E-state index contributed by atoms with van der Waals surface area (Å²) < 4.78 is 10.6. The van der Waals surface area contributed by atoms with Gasteiger partial charge in [0, 0.05) is 17.1 Å². The SMILES string of the molecule is COc1ccc(-c2noc(C3CCCN3C(=O)Nc3ccc(Cl)cc3Cl)n2)cc1. The highest BCUT2D eigenvalue weighted by Gasteiger charge is 2.34. The van der Waals surface area contributed by atoms with Crippen molar-refractivity contribution in [1.82, 2.24) is 15.0 Å². The molecule has 7 nitrogen and oxygen atoms in total. The standard InChI is InChI=1S/C20H18Cl2N4O3/c1-28-14-7-4-12(5-8-14)18-24-19(29-25-18)17-3-2-10-26(17)20(27)23-16-9-6-13(21)11-15(16)22/h4-9,11,17H,2-3,10H2,1H3,(H,23,27). The number of benzene rings is 2. The molecule has 1 unspecified atom stereocenters. The lowest BCUT2D eigenvalue weighted by Gasteiger charge is -2.22. The fraction of sp³-hybridized carbons (Fsp3) is 0.250. The van der Waals surface area contributed by atoms with Crippen molar-refractivity contribution in [1.29, 1.82) is 0 Å². The van der Waals surface area contributed by atoms with Crippen LogP contribution >= 0.6 is 23.2 Å². The molecule has 1 aromatic heterocycles. The number of anilines is 1. The molecule has 1 N–H and O–H groups in total. The molecule has 9 heteroatoms. The maximum absolute atomic E-state index is 12.8. The number of nitrogens with zero attached hydrogens (tertiary/aromatic N) is 3. The van der Waals surface area contributed by atoms with Crippen molar-refractivity contribution in [3.8, 4) is 17.1 Å². The number of rotatable bonds is 4. The van der Waals surface area contributed by atoms with Gasteiger partial charge in [0.2, 0.25) is 11.7 Å². The van der Waals surface area contributed by atoms with Crippen molar-refractivity contribution in [2.45, 2.75) is 18.9 Å². The van der Waals surface area contributed by atoms with Crippen molar-refractivity contribution in [3.63, 3.8) is 0 Å². The number of methoxy groups -OCH3 is 1. The highest BCUT2D eigenvalue weighted by atomic mass is 35.5. The smallest absolute Gasteiger partial charge is 0.322 e. The molecular weight excluding hydrogens is 415 g/mol. The molecule has 1 aliphatic rings. The Kier molecular flexibility index (Phi) is 5.60. The van der Waals surface area contributed by atoms with E-state index in [-0.39, 0.29) is 12.1 Å². The van der Waals surface area contributed by atoms with Gasteiger partial charge in [-0.1, -0.05) is 28.4 Å². The minimum absolute atomic E-state index is 0.277. The molecule has 1 aliphatic heterocycles. The number of likely N-dealkylation sites (tertiary alicyclic amines) is 1. The third-order valence-corrected chi connectivity index (χ3v) is 5.31. The molecule has 0 saturated carbocycles. The minimum atomic E-state index is -0.291. The van der Waals surface area contributed by atoms with Crippen LogP contribution in [0.4, 0.5) is 10.5 Å². The molecule has 0 bridgehead atoms. The Morgan fingerprint density at radius 1 is 1.24 bits per heavy atom. The molecule has 2 aromatic carbocycles. The summed E-state index contributed by atoms with van der Waals surface area (Å²) in [5, 5.41) is 7.77. The van der Waals surface area contributed by atoms with Crippen LogP contribution in [0.3, 0.4) is 0 Å². The molecule has 1 atom stereocenters. The zero-order chi connectivity index (χ0) is 20.4. The van der Waals surface area contributed by atoms with Crippen LogP contribution in [0.15, 0.2) is 47.0 Å². The molecule has 0 spiro atoms. The average molecular weight is 433 g/mol. The van der Waals surface area contributed by atoms with E-state index in [1.807, 2.05) is 24.3 Å². The zero-order valence-corrected chi connectivity index (χ0v) is 17.1. The normalized spacial score (nSPS) is 16.1. The van der Waals surface area contributed by atoms with Crippen LogP contribution < -0.4 is 10.1 Å². The predicted molar refractivity (Wildman–Crippen MR) is 110 cm³/mol. The second-order valence-electron chi connectivity index (χ2n) is 6.59. The van der Waals surface area contributed by atoms with Crippen molar-refractivity contribution >= 4 is 34.9 Å². The minimum Gasteiger partial charge on any atom is -0.497 e. The van der Waals surface area contributed by atoms with Crippen LogP contribution in [0.2, 0.25) is 10.0 Å². The Morgan fingerprint density at radius 2 is 2.03 bits per heavy atom. The molecule has 4 rings (SSSR count). The lowest BCUT2D eigenvalue weighted by Crippen LogP contribution is -2.34. The summed E-state index contributed by atoms with van der Waals surface area (Å²) in [6.45, 7) is 0.585. The number of hydrogen-bond acceptors (Lipinski definition) is 5. The zero-order valence-electron chi connectivity index (χ0n) is 15.6. The first-order chi connectivity index (χ1) is 14.0.